The van der Waals surface area contributed by atoms with Crippen LogP contribution >= 0.6 is 0 Å². The van der Waals surface area contributed by atoms with E-state index in [0.29, 0.717) is 5.56 Å². The maximum atomic E-state index is 12.2. The van der Waals surface area contributed by atoms with Crippen molar-refractivity contribution < 1.29 is 4.79 Å². The van der Waals surface area contributed by atoms with E-state index >= 15 is 0 Å². The van der Waals surface area contributed by atoms with Crippen LogP contribution in [0.15, 0.2) is 18.2 Å². The van der Waals surface area contributed by atoms with Crippen LogP contribution in [0.25, 0.3) is 0 Å². The van der Waals surface area contributed by atoms with Gasteiger partial charge in [-0.15, -0.1) is 0 Å². The highest BCUT2D eigenvalue weighted by Crippen LogP contribution is 2.36. The van der Waals surface area contributed by atoms with Crippen LogP contribution in [0.1, 0.15) is 35.8 Å². The van der Waals surface area contributed by atoms with Crippen LogP contribution in [0.5, 0.6) is 0 Å². The average molecular weight is 243 g/mol. The summed E-state index contributed by atoms with van der Waals surface area (Å²) in [6.07, 6.45) is 0. The Morgan fingerprint density at radius 2 is 2.06 bits per heavy atom. The minimum atomic E-state index is -0.465. The molecule has 0 aliphatic carbocycles. The predicted molar refractivity (Wildman–Crippen MR) is 70.4 cm³/mol. The SMILES string of the molecule is CC(C)N1C(=O)c2ccc(N(C)C)cc2C1C#N. The molecule has 0 aromatic heterocycles. The Hall–Kier alpha value is -2.02. The van der Waals surface area contributed by atoms with Crippen LogP contribution in [0.3, 0.4) is 0 Å². The molecule has 1 aromatic carbocycles. The highest BCUT2D eigenvalue weighted by molar-refractivity contribution is 6.00. The molecule has 1 atom stereocenters. The van der Waals surface area contributed by atoms with Crippen LogP contribution in [0.2, 0.25) is 0 Å². The van der Waals surface area contributed by atoms with Gasteiger partial charge in [0.25, 0.3) is 5.91 Å². The molecule has 4 nitrogen and oxygen atoms in total. The lowest BCUT2D eigenvalue weighted by Gasteiger charge is -2.24. The molecule has 1 aromatic rings. The van der Waals surface area contributed by atoms with E-state index in [4.69, 9.17) is 0 Å². The van der Waals surface area contributed by atoms with E-state index in [0.717, 1.165) is 11.3 Å². The van der Waals surface area contributed by atoms with Gasteiger partial charge in [0, 0.05) is 37.0 Å². The molecule has 1 heterocycles. The van der Waals surface area contributed by atoms with Crippen molar-refractivity contribution in [1.29, 1.82) is 5.26 Å². The van der Waals surface area contributed by atoms with Crippen molar-refractivity contribution in [3.63, 3.8) is 0 Å². The van der Waals surface area contributed by atoms with Crippen molar-refractivity contribution in [3.05, 3.63) is 29.3 Å². The largest absolute Gasteiger partial charge is 0.378 e. The molecule has 0 N–H and O–H groups in total. The first-order valence-electron chi connectivity index (χ1n) is 6.01. The summed E-state index contributed by atoms with van der Waals surface area (Å²) >= 11 is 0. The second-order valence-corrected chi connectivity index (χ2v) is 5.00. The monoisotopic (exact) mass is 243 g/mol. The molecule has 0 saturated heterocycles. The van der Waals surface area contributed by atoms with Gasteiger partial charge in [-0.2, -0.15) is 5.26 Å². The maximum absolute atomic E-state index is 12.2. The Kier molecular flexibility index (Phi) is 3.00. The van der Waals surface area contributed by atoms with Crippen LogP contribution in [-0.2, 0) is 0 Å². The Morgan fingerprint density at radius 3 is 2.56 bits per heavy atom. The zero-order chi connectivity index (χ0) is 13.4. The third-order valence-corrected chi connectivity index (χ3v) is 3.27. The van der Waals surface area contributed by atoms with Gasteiger partial charge in [-0.3, -0.25) is 4.79 Å². The summed E-state index contributed by atoms with van der Waals surface area (Å²) < 4.78 is 0. The number of nitrogens with zero attached hydrogens (tertiary/aromatic N) is 3. The zero-order valence-corrected chi connectivity index (χ0v) is 11.1. The standard InChI is InChI=1S/C14H17N3O/c1-9(2)17-13(8-15)12-7-10(16(3)4)5-6-11(12)14(17)18/h5-7,9,13H,1-4H3. The van der Waals surface area contributed by atoms with Gasteiger partial charge in [-0.1, -0.05) is 0 Å². The maximum Gasteiger partial charge on any atom is 0.255 e. The third kappa shape index (κ3) is 1.72. The molecule has 4 heteroatoms. The van der Waals surface area contributed by atoms with Crippen LogP contribution in [0.4, 0.5) is 5.69 Å². The average Bonchev–Trinajstić information content (AvgIpc) is 2.61. The van der Waals surface area contributed by atoms with Crippen molar-refractivity contribution in [2.45, 2.75) is 25.9 Å². The lowest BCUT2D eigenvalue weighted by Crippen LogP contribution is -2.33. The number of hydrogen-bond donors (Lipinski definition) is 0. The topological polar surface area (TPSA) is 47.3 Å². The molecule has 0 spiro atoms. The first-order valence-corrected chi connectivity index (χ1v) is 6.01. The Balaban J connectivity index is 2.54. The second-order valence-electron chi connectivity index (χ2n) is 5.00. The number of nitriles is 1. The number of carbonyl (C=O) groups is 1. The molecule has 94 valence electrons. The van der Waals surface area contributed by atoms with Gasteiger partial charge in [-0.05, 0) is 32.0 Å². The van der Waals surface area contributed by atoms with E-state index in [1.165, 1.54) is 0 Å². The molecule has 18 heavy (non-hydrogen) atoms. The van der Waals surface area contributed by atoms with Crippen molar-refractivity contribution in [2.24, 2.45) is 0 Å². The summed E-state index contributed by atoms with van der Waals surface area (Å²) in [7, 11) is 3.89. The van der Waals surface area contributed by atoms with Gasteiger partial charge >= 0.3 is 0 Å². The van der Waals surface area contributed by atoms with E-state index in [1.807, 2.05) is 51.0 Å². The molecule has 2 rings (SSSR count). The number of rotatable bonds is 2. The summed E-state index contributed by atoms with van der Waals surface area (Å²) in [6, 6.07) is 7.46. The van der Waals surface area contributed by atoms with E-state index in [9.17, 15) is 10.1 Å². The van der Waals surface area contributed by atoms with Crippen LogP contribution in [0, 0.1) is 11.3 Å². The molecule has 1 unspecified atom stereocenters. The van der Waals surface area contributed by atoms with Crippen LogP contribution in [-0.4, -0.2) is 30.9 Å². The summed E-state index contributed by atoms with van der Waals surface area (Å²) in [4.78, 5) is 15.9. The summed E-state index contributed by atoms with van der Waals surface area (Å²) in [5, 5.41) is 9.32. The number of fused-ring (bicyclic) bond motifs is 1. The van der Waals surface area contributed by atoms with Crippen molar-refractivity contribution >= 4 is 11.6 Å². The normalized spacial score (nSPS) is 17.9. The quantitative estimate of drug-likeness (QED) is 0.800. The lowest BCUT2D eigenvalue weighted by molar-refractivity contribution is 0.0704. The van der Waals surface area contributed by atoms with Gasteiger partial charge in [0.1, 0.15) is 6.04 Å². The molecule has 0 saturated carbocycles. The number of carbonyl (C=O) groups excluding carboxylic acids is 1. The highest BCUT2D eigenvalue weighted by Gasteiger charge is 2.38. The second kappa shape index (κ2) is 4.34. The lowest BCUT2D eigenvalue weighted by atomic mass is 10.0. The molecule has 1 amide bonds. The Bertz CT molecular complexity index is 528. The fourth-order valence-corrected chi connectivity index (χ4v) is 2.32. The molecule has 0 fully saturated rings. The van der Waals surface area contributed by atoms with Crippen molar-refractivity contribution in [1.82, 2.24) is 4.90 Å². The van der Waals surface area contributed by atoms with Gasteiger partial charge in [0.2, 0.25) is 0 Å². The number of amides is 1. The highest BCUT2D eigenvalue weighted by atomic mass is 16.2. The van der Waals surface area contributed by atoms with E-state index in [2.05, 4.69) is 6.07 Å². The molecular weight excluding hydrogens is 226 g/mol. The van der Waals surface area contributed by atoms with Crippen molar-refractivity contribution in [3.8, 4) is 6.07 Å². The fourth-order valence-electron chi connectivity index (χ4n) is 2.32. The number of hydrogen-bond acceptors (Lipinski definition) is 3. The number of benzene rings is 1. The predicted octanol–water partition coefficient (Wildman–Crippen LogP) is 2.18. The van der Waals surface area contributed by atoms with Crippen molar-refractivity contribution in [2.75, 3.05) is 19.0 Å². The molecule has 1 aliphatic rings. The van der Waals surface area contributed by atoms with E-state index in [-0.39, 0.29) is 11.9 Å². The van der Waals surface area contributed by atoms with E-state index in [1.54, 1.807) is 4.90 Å². The summed E-state index contributed by atoms with van der Waals surface area (Å²) in [6.45, 7) is 3.86. The first-order chi connectivity index (χ1) is 8.47. The Morgan fingerprint density at radius 1 is 1.39 bits per heavy atom. The smallest absolute Gasteiger partial charge is 0.255 e. The van der Waals surface area contributed by atoms with E-state index < -0.39 is 6.04 Å². The Labute approximate surface area is 107 Å². The van der Waals surface area contributed by atoms with Gasteiger partial charge in [0.15, 0.2) is 0 Å². The molecule has 1 aliphatic heterocycles. The summed E-state index contributed by atoms with van der Waals surface area (Å²) in [5.74, 6) is -0.0446. The van der Waals surface area contributed by atoms with Gasteiger partial charge < -0.3 is 9.80 Å². The minimum Gasteiger partial charge on any atom is -0.378 e. The molecule has 0 radical (unpaired) electrons. The third-order valence-electron chi connectivity index (χ3n) is 3.27. The van der Waals surface area contributed by atoms with Gasteiger partial charge in [0.05, 0.1) is 6.07 Å². The summed E-state index contributed by atoms with van der Waals surface area (Å²) in [5.41, 5.74) is 2.48. The van der Waals surface area contributed by atoms with Crippen LogP contribution < -0.4 is 4.90 Å². The molecule has 0 bridgehead atoms. The fraction of sp³-hybridized carbons (Fsp3) is 0.429. The molecular formula is C14H17N3O. The number of anilines is 1. The van der Waals surface area contributed by atoms with Gasteiger partial charge in [-0.25, -0.2) is 0 Å². The first kappa shape index (κ1) is 12.4. The minimum absolute atomic E-state index is 0.0253. The zero-order valence-electron chi connectivity index (χ0n) is 11.1.